The van der Waals surface area contributed by atoms with Gasteiger partial charge in [-0.05, 0) is 53.3 Å². The Morgan fingerprint density at radius 1 is 0.886 bits per heavy atom. The Bertz CT molecular complexity index is 1660. The summed E-state index contributed by atoms with van der Waals surface area (Å²) >= 11 is 0. The SMILES string of the molecule is CC(=O)O[C@H]1[C@H](O)[C@@H](C)OC(Oc2c3c(c(-c4ccc5c(c4)OCO5)c4cc(CO)c(CO)cc24)C(=O)OC3)[C@@H]1OC(C)=O. The van der Waals surface area contributed by atoms with E-state index in [4.69, 9.17) is 33.2 Å². The molecule has 0 aliphatic carbocycles. The van der Waals surface area contributed by atoms with E-state index in [-0.39, 0.29) is 24.7 Å². The molecule has 5 atom stereocenters. The lowest BCUT2D eigenvalue weighted by atomic mass is 9.87. The molecule has 0 spiro atoms. The zero-order valence-corrected chi connectivity index (χ0v) is 24.0. The minimum atomic E-state index is -1.41. The van der Waals surface area contributed by atoms with Crippen LogP contribution in [0, 0.1) is 0 Å². The summed E-state index contributed by atoms with van der Waals surface area (Å²) in [6, 6.07) is 8.49. The van der Waals surface area contributed by atoms with E-state index in [1.165, 1.54) is 6.92 Å². The highest BCUT2D eigenvalue weighted by Gasteiger charge is 2.50. The molecule has 3 aromatic carbocycles. The molecule has 3 aromatic rings. The second-order valence-electron chi connectivity index (χ2n) is 10.7. The molecule has 3 aliphatic rings. The highest BCUT2D eigenvalue weighted by atomic mass is 16.7. The second-order valence-corrected chi connectivity index (χ2v) is 10.7. The fourth-order valence-electron chi connectivity index (χ4n) is 5.84. The van der Waals surface area contributed by atoms with E-state index in [0.717, 1.165) is 13.8 Å². The lowest BCUT2D eigenvalue weighted by molar-refractivity contribution is -0.277. The average Bonchev–Trinajstić information content (AvgIpc) is 3.62. The van der Waals surface area contributed by atoms with Gasteiger partial charge in [0.1, 0.15) is 18.5 Å². The zero-order valence-electron chi connectivity index (χ0n) is 24.0. The van der Waals surface area contributed by atoms with Crippen LogP contribution in [0.3, 0.4) is 0 Å². The van der Waals surface area contributed by atoms with Gasteiger partial charge in [-0.1, -0.05) is 6.07 Å². The molecule has 3 aliphatic heterocycles. The summed E-state index contributed by atoms with van der Waals surface area (Å²) < 4.78 is 39.7. The number of cyclic esters (lactones) is 1. The van der Waals surface area contributed by atoms with Gasteiger partial charge in [0.15, 0.2) is 17.6 Å². The Morgan fingerprint density at radius 2 is 1.55 bits per heavy atom. The summed E-state index contributed by atoms with van der Waals surface area (Å²) in [4.78, 5) is 37.4. The van der Waals surface area contributed by atoms with Crippen LogP contribution >= 0.6 is 0 Å². The molecule has 0 saturated carbocycles. The largest absolute Gasteiger partial charge is 0.460 e. The first-order chi connectivity index (χ1) is 21.1. The molecule has 13 heteroatoms. The summed E-state index contributed by atoms with van der Waals surface area (Å²) in [5.74, 6) is -0.944. The predicted molar refractivity (Wildman–Crippen MR) is 149 cm³/mol. The van der Waals surface area contributed by atoms with E-state index in [9.17, 15) is 29.7 Å². The Morgan fingerprint density at radius 3 is 2.23 bits per heavy atom. The smallest absolute Gasteiger partial charge is 0.339 e. The van der Waals surface area contributed by atoms with Crippen molar-refractivity contribution in [3.05, 3.63) is 52.6 Å². The first-order valence-corrected chi connectivity index (χ1v) is 13.9. The van der Waals surface area contributed by atoms with Crippen molar-refractivity contribution in [3.8, 4) is 28.4 Å². The van der Waals surface area contributed by atoms with E-state index in [1.807, 2.05) is 0 Å². The molecule has 1 unspecified atom stereocenters. The number of benzene rings is 3. The van der Waals surface area contributed by atoms with Crippen molar-refractivity contribution in [1.82, 2.24) is 0 Å². The molecular formula is C31H30O13. The van der Waals surface area contributed by atoms with Crippen molar-refractivity contribution in [2.45, 2.75) is 71.3 Å². The fourth-order valence-corrected chi connectivity index (χ4v) is 5.84. The van der Waals surface area contributed by atoms with Gasteiger partial charge < -0.3 is 48.5 Å². The Hall–Kier alpha value is -4.43. The summed E-state index contributed by atoms with van der Waals surface area (Å²) in [6.45, 7) is 2.90. The maximum absolute atomic E-state index is 13.3. The maximum Gasteiger partial charge on any atom is 0.339 e. The topological polar surface area (TPSA) is 177 Å². The number of hydrogen-bond acceptors (Lipinski definition) is 13. The zero-order chi connectivity index (χ0) is 31.3. The second kappa shape index (κ2) is 11.6. The molecule has 1 fully saturated rings. The van der Waals surface area contributed by atoms with Gasteiger partial charge in [0.05, 0.1) is 24.9 Å². The van der Waals surface area contributed by atoms with Gasteiger partial charge in [-0.2, -0.15) is 0 Å². The summed E-state index contributed by atoms with van der Waals surface area (Å²) in [5.41, 5.74) is 2.43. The van der Waals surface area contributed by atoms with Crippen molar-refractivity contribution in [2.75, 3.05) is 6.79 Å². The molecule has 0 aromatic heterocycles. The third kappa shape index (κ3) is 5.07. The molecule has 44 heavy (non-hydrogen) atoms. The highest BCUT2D eigenvalue weighted by Crippen LogP contribution is 2.48. The number of ether oxygens (including phenoxy) is 7. The van der Waals surface area contributed by atoms with Crippen LogP contribution in [-0.2, 0) is 48.4 Å². The van der Waals surface area contributed by atoms with Crippen LogP contribution in [0.4, 0.5) is 0 Å². The molecule has 3 heterocycles. The summed E-state index contributed by atoms with van der Waals surface area (Å²) in [6.07, 6.45) is -6.40. The van der Waals surface area contributed by atoms with Crippen LogP contribution in [0.5, 0.6) is 17.2 Å². The number of carbonyl (C=O) groups excluding carboxylic acids is 3. The number of rotatable bonds is 7. The van der Waals surface area contributed by atoms with Gasteiger partial charge in [-0.15, -0.1) is 0 Å². The monoisotopic (exact) mass is 610 g/mol. The number of hydrogen-bond donors (Lipinski definition) is 3. The Balaban J connectivity index is 1.58. The average molecular weight is 611 g/mol. The van der Waals surface area contributed by atoms with Crippen LogP contribution in [-0.4, -0.2) is 70.7 Å². The number of esters is 3. The van der Waals surface area contributed by atoms with Gasteiger partial charge >= 0.3 is 17.9 Å². The van der Waals surface area contributed by atoms with Crippen LogP contribution in [0.2, 0.25) is 0 Å². The molecule has 0 radical (unpaired) electrons. The Labute approximate surface area is 250 Å². The number of aliphatic hydroxyl groups is 3. The highest BCUT2D eigenvalue weighted by molar-refractivity contribution is 6.13. The summed E-state index contributed by atoms with van der Waals surface area (Å²) in [5, 5.41) is 32.0. The third-order valence-electron chi connectivity index (χ3n) is 7.83. The lowest BCUT2D eigenvalue weighted by Crippen LogP contribution is -2.61. The van der Waals surface area contributed by atoms with Gasteiger partial charge in [-0.3, -0.25) is 9.59 Å². The molecule has 0 amide bonds. The van der Waals surface area contributed by atoms with Crippen LogP contribution in [0.1, 0.15) is 47.8 Å². The summed E-state index contributed by atoms with van der Waals surface area (Å²) in [7, 11) is 0. The van der Waals surface area contributed by atoms with Crippen molar-refractivity contribution in [2.24, 2.45) is 0 Å². The first kappa shape index (κ1) is 29.6. The van der Waals surface area contributed by atoms with Crippen LogP contribution in [0.15, 0.2) is 30.3 Å². The number of fused-ring (bicyclic) bond motifs is 3. The maximum atomic E-state index is 13.3. The number of carbonyl (C=O) groups is 3. The molecule has 3 N–H and O–H groups in total. The molecule has 1 saturated heterocycles. The van der Waals surface area contributed by atoms with Crippen LogP contribution < -0.4 is 14.2 Å². The molecule has 6 rings (SSSR count). The Kier molecular flexibility index (Phi) is 7.80. The number of aliphatic hydroxyl groups excluding tert-OH is 3. The van der Waals surface area contributed by atoms with Gasteiger partial charge in [0.2, 0.25) is 19.2 Å². The normalized spacial score (nSPS) is 23.7. The van der Waals surface area contributed by atoms with Crippen molar-refractivity contribution >= 4 is 28.7 Å². The quantitative estimate of drug-likeness (QED) is 0.262. The van der Waals surface area contributed by atoms with Crippen molar-refractivity contribution < 1.29 is 62.9 Å². The molecule has 232 valence electrons. The molecular weight excluding hydrogens is 580 g/mol. The minimum absolute atomic E-state index is 0.0489. The lowest BCUT2D eigenvalue weighted by Gasteiger charge is -2.42. The minimum Gasteiger partial charge on any atom is -0.460 e. The van der Waals surface area contributed by atoms with E-state index in [2.05, 4.69) is 0 Å². The van der Waals surface area contributed by atoms with Gasteiger partial charge in [0, 0.05) is 30.4 Å². The first-order valence-electron chi connectivity index (χ1n) is 13.9. The van der Waals surface area contributed by atoms with E-state index < -0.39 is 61.8 Å². The van der Waals surface area contributed by atoms with Gasteiger partial charge in [0.25, 0.3) is 0 Å². The van der Waals surface area contributed by atoms with E-state index in [1.54, 1.807) is 30.3 Å². The van der Waals surface area contributed by atoms with Crippen LogP contribution in [0.25, 0.3) is 21.9 Å². The van der Waals surface area contributed by atoms with Crippen molar-refractivity contribution in [3.63, 3.8) is 0 Å². The van der Waals surface area contributed by atoms with Crippen molar-refractivity contribution in [1.29, 1.82) is 0 Å². The third-order valence-corrected chi connectivity index (χ3v) is 7.83. The molecule has 13 nitrogen and oxygen atoms in total. The van der Waals surface area contributed by atoms with E-state index in [0.29, 0.717) is 50.1 Å². The van der Waals surface area contributed by atoms with E-state index >= 15 is 0 Å². The molecule has 0 bridgehead atoms. The predicted octanol–water partition coefficient (Wildman–Crippen LogP) is 2.24. The fraction of sp³-hybridized carbons (Fsp3) is 0.387. The van der Waals surface area contributed by atoms with Gasteiger partial charge in [-0.25, -0.2) is 4.79 Å². The standard InChI is InChI=1S/C31H30O13/c1-13-26(36)28(42-14(2)34)29(43-15(3)35)31(41-13)44-27-20-7-18(10-33)17(9-32)6-19(20)24(25-21(27)11-38-30(25)37)16-4-5-22-23(8-16)40-12-39-22/h4-8,13,26,28-29,31-33,36H,9-12H2,1-3H3/t13-,26-,28+,29-,31?/m1/s1.